The van der Waals surface area contributed by atoms with E-state index in [0.29, 0.717) is 18.9 Å². The molecule has 21 heavy (non-hydrogen) atoms. The summed E-state index contributed by atoms with van der Waals surface area (Å²) in [6.45, 7) is 9.52. The van der Waals surface area contributed by atoms with Crippen LogP contribution < -0.4 is 0 Å². The van der Waals surface area contributed by atoms with Crippen LogP contribution in [0.4, 0.5) is 0 Å². The Morgan fingerprint density at radius 2 is 1.81 bits per heavy atom. The zero-order chi connectivity index (χ0) is 14.9. The molecular formula is C16H29N3O2. The standard InChI is InChI=1S/C16H29N3O2/c1-2-17-8-10-18(11-9-17)13-16(21)6-3-7-19(15(16)20)12-14-4-5-14/h14,21H,2-13H2,1H3. The van der Waals surface area contributed by atoms with Gasteiger partial charge < -0.3 is 14.9 Å². The second kappa shape index (κ2) is 6.23. The summed E-state index contributed by atoms with van der Waals surface area (Å²) >= 11 is 0. The number of piperidine rings is 1. The van der Waals surface area contributed by atoms with Gasteiger partial charge in [0.15, 0.2) is 5.60 Å². The van der Waals surface area contributed by atoms with E-state index in [2.05, 4.69) is 16.7 Å². The predicted molar refractivity (Wildman–Crippen MR) is 82.0 cm³/mol. The van der Waals surface area contributed by atoms with Crippen LogP contribution in [0.25, 0.3) is 0 Å². The SMILES string of the molecule is CCN1CCN(CC2(O)CCCN(CC3CC3)C2=O)CC1. The van der Waals surface area contributed by atoms with Crippen molar-refractivity contribution in [1.82, 2.24) is 14.7 Å². The van der Waals surface area contributed by atoms with Crippen molar-refractivity contribution in [2.45, 2.75) is 38.2 Å². The van der Waals surface area contributed by atoms with Crippen molar-refractivity contribution in [1.29, 1.82) is 0 Å². The summed E-state index contributed by atoms with van der Waals surface area (Å²) in [5.74, 6) is 0.683. The van der Waals surface area contributed by atoms with Crippen molar-refractivity contribution >= 4 is 5.91 Å². The summed E-state index contributed by atoms with van der Waals surface area (Å²) in [6.07, 6.45) is 4.06. The van der Waals surface area contributed by atoms with Crippen molar-refractivity contribution in [2.75, 3.05) is 52.4 Å². The van der Waals surface area contributed by atoms with Gasteiger partial charge in [-0.15, -0.1) is 0 Å². The molecule has 5 nitrogen and oxygen atoms in total. The zero-order valence-corrected chi connectivity index (χ0v) is 13.3. The Kier molecular flexibility index (Phi) is 4.52. The molecule has 1 unspecified atom stereocenters. The summed E-state index contributed by atoms with van der Waals surface area (Å²) in [4.78, 5) is 19.3. The molecule has 5 heteroatoms. The smallest absolute Gasteiger partial charge is 0.255 e. The molecule has 2 saturated heterocycles. The summed E-state index contributed by atoms with van der Waals surface area (Å²) in [5, 5.41) is 10.9. The first-order valence-electron chi connectivity index (χ1n) is 8.57. The predicted octanol–water partition coefficient (Wildman–Crippen LogP) is 0.387. The molecule has 3 aliphatic rings. The molecule has 0 aromatic rings. The minimum absolute atomic E-state index is 0.0152. The Balaban J connectivity index is 1.56. The maximum atomic E-state index is 12.6. The van der Waals surface area contributed by atoms with Crippen LogP contribution >= 0.6 is 0 Å². The average Bonchev–Trinajstić information content (AvgIpc) is 3.29. The van der Waals surface area contributed by atoms with Gasteiger partial charge in [-0.2, -0.15) is 0 Å². The number of likely N-dealkylation sites (N-methyl/N-ethyl adjacent to an activating group) is 1. The van der Waals surface area contributed by atoms with Crippen molar-refractivity contribution in [2.24, 2.45) is 5.92 Å². The van der Waals surface area contributed by atoms with Gasteiger partial charge in [0.2, 0.25) is 0 Å². The molecule has 3 rings (SSSR count). The maximum Gasteiger partial charge on any atom is 0.255 e. The minimum Gasteiger partial charge on any atom is -0.379 e. The monoisotopic (exact) mass is 295 g/mol. The molecule has 2 aliphatic heterocycles. The zero-order valence-electron chi connectivity index (χ0n) is 13.3. The fraction of sp³-hybridized carbons (Fsp3) is 0.938. The quantitative estimate of drug-likeness (QED) is 0.797. The molecule has 1 N–H and O–H groups in total. The van der Waals surface area contributed by atoms with Crippen LogP contribution in [-0.4, -0.2) is 83.7 Å². The molecule has 0 radical (unpaired) electrons. The van der Waals surface area contributed by atoms with E-state index in [0.717, 1.165) is 52.2 Å². The lowest BCUT2D eigenvalue weighted by molar-refractivity contribution is -0.160. The Labute approximate surface area is 127 Å². The van der Waals surface area contributed by atoms with E-state index >= 15 is 0 Å². The van der Waals surface area contributed by atoms with E-state index in [1.54, 1.807) is 0 Å². The van der Waals surface area contributed by atoms with Gasteiger partial charge in [0, 0.05) is 45.8 Å². The van der Waals surface area contributed by atoms with Crippen LogP contribution in [0, 0.1) is 5.92 Å². The molecule has 3 fully saturated rings. The highest BCUT2D eigenvalue weighted by Gasteiger charge is 2.44. The topological polar surface area (TPSA) is 47.0 Å². The summed E-state index contributed by atoms with van der Waals surface area (Å²) in [6, 6.07) is 0. The van der Waals surface area contributed by atoms with Crippen molar-refractivity contribution < 1.29 is 9.90 Å². The normalized spacial score (nSPS) is 32.7. The Morgan fingerprint density at radius 1 is 1.14 bits per heavy atom. The van der Waals surface area contributed by atoms with Crippen LogP contribution in [0.5, 0.6) is 0 Å². The first-order chi connectivity index (χ1) is 10.1. The third-order valence-electron chi connectivity index (χ3n) is 5.28. The second-order valence-electron chi connectivity index (χ2n) is 7.04. The van der Waals surface area contributed by atoms with Crippen LogP contribution in [0.2, 0.25) is 0 Å². The van der Waals surface area contributed by atoms with E-state index in [4.69, 9.17) is 0 Å². The number of β-amino-alcohol motifs (C(OH)–C–C–N with tert-alkyl or cyclic N) is 1. The van der Waals surface area contributed by atoms with E-state index in [9.17, 15) is 9.90 Å². The Bertz CT molecular complexity index is 378. The van der Waals surface area contributed by atoms with Crippen LogP contribution in [-0.2, 0) is 4.79 Å². The van der Waals surface area contributed by atoms with Gasteiger partial charge in [-0.25, -0.2) is 0 Å². The van der Waals surface area contributed by atoms with Gasteiger partial charge >= 0.3 is 0 Å². The summed E-state index contributed by atoms with van der Waals surface area (Å²) < 4.78 is 0. The van der Waals surface area contributed by atoms with Gasteiger partial charge in [-0.05, 0) is 38.1 Å². The van der Waals surface area contributed by atoms with Crippen LogP contribution in [0.15, 0.2) is 0 Å². The number of rotatable bonds is 5. The molecule has 0 aromatic heterocycles. The third-order valence-corrected chi connectivity index (χ3v) is 5.28. The van der Waals surface area contributed by atoms with Crippen molar-refractivity contribution in [3.05, 3.63) is 0 Å². The number of nitrogens with zero attached hydrogens (tertiary/aromatic N) is 3. The molecule has 2 heterocycles. The Hall–Kier alpha value is -0.650. The Morgan fingerprint density at radius 3 is 2.43 bits per heavy atom. The number of piperazine rings is 1. The molecule has 1 aliphatic carbocycles. The number of aliphatic hydroxyl groups is 1. The molecule has 0 bridgehead atoms. The fourth-order valence-electron chi connectivity index (χ4n) is 3.63. The molecular weight excluding hydrogens is 266 g/mol. The maximum absolute atomic E-state index is 12.6. The first-order valence-corrected chi connectivity index (χ1v) is 8.57. The lowest BCUT2D eigenvalue weighted by Gasteiger charge is -2.43. The van der Waals surface area contributed by atoms with Crippen molar-refractivity contribution in [3.63, 3.8) is 0 Å². The molecule has 0 aromatic carbocycles. The third kappa shape index (κ3) is 3.58. The molecule has 120 valence electrons. The summed E-state index contributed by atoms with van der Waals surface area (Å²) in [7, 11) is 0. The van der Waals surface area contributed by atoms with Gasteiger partial charge in [-0.1, -0.05) is 6.92 Å². The molecule has 1 saturated carbocycles. The van der Waals surface area contributed by atoms with Gasteiger partial charge in [0.25, 0.3) is 5.91 Å². The lowest BCUT2D eigenvalue weighted by Crippen LogP contribution is -2.60. The average molecular weight is 295 g/mol. The summed E-state index contributed by atoms with van der Waals surface area (Å²) in [5.41, 5.74) is -1.14. The van der Waals surface area contributed by atoms with E-state index in [-0.39, 0.29) is 5.91 Å². The number of carbonyl (C=O) groups is 1. The van der Waals surface area contributed by atoms with Crippen LogP contribution in [0.1, 0.15) is 32.6 Å². The molecule has 1 atom stereocenters. The van der Waals surface area contributed by atoms with E-state index < -0.39 is 5.60 Å². The largest absolute Gasteiger partial charge is 0.379 e. The molecule has 0 spiro atoms. The number of hydrogen-bond acceptors (Lipinski definition) is 4. The lowest BCUT2D eigenvalue weighted by atomic mass is 9.90. The van der Waals surface area contributed by atoms with E-state index in [1.165, 1.54) is 12.8 Å². The van der Waals surface area contributed by atoms with Gasteiger partial charge in [-0.3, -0.25) is 9.69 Å². The highest BCUT2D eigenvalue weighted by Crippen LogP contribution is 2.32. The highest BCUT2D eigenvalue weighted by atomic mass is 16.3. The number of carbonyl (C=O) groups excluding carboxylic acids is 1. The fourth-order valence-corrected chi connectivity index (χ4v) is 3.63. The number of likely N-dealkylation sites (tertiary alicyclic amines) is 1. The molecule has 1 amide bonds. The van der Waals surface area contributed by atoms with Gasteiger partial charge in [0.05, 0.1) is 0 Å². The first kappa shape index (κ1) is 15.3. The minimum atomic E-state index is -1.14. The number of hydrogen-bond donors (Lipinski definition) is 1. The van der Waals surface area contributed by atoms with E-state index in [1.807, 2.05) is 4.90 Å². The second-order valence-corrected chi connectivity index (χ2v) is 7.04. The highest BCUT2D eigenvalue weighted by molar-refractivity contribution is 5.86. The number of amides is 1. The van der Waals surface area contributed by atoms with Crippen molar-refractivity contribution in [3.8, 4) is 0 Å². The van der Waals surface area contributed by atoms with Crippen LogP contribution in [0.3, 0.4) is 0 Å². The van der Waals surface area contributed by atoms with Gasteiger partial charge in [0.1, 0.15) is 0 Å².